The first-order valence-corrected chi connectivity index (χ1v) is 7.47. The lowest BCUT2D eigenvalue weighted by molar-refractivity contribution is -0.384. The molecule has 1 rings (SSSR count). The van der Waals surface area contributed by atoms with Crippen molar-refractivity contribution in [2.24, 2.45) is 0 Å². The molecule has 24 heavy (non-hydrogen) atoms. The van der Waals surface area contributed by atoms with Crippen LogP contribution in [0.15, 0.2) is 24.3 Å². The Morgan fingerprint density at radius 2 is 2.00 bits per heavy atom. The summed E-state index contributed by atoms with van der Waals surface area (Å²) < 4.78 is 10.8. The smallest absolute Gasteiger partial charge is 0.307 e. The summed E-state index contributed by atoms with van der Waals surface area (Å²) in [5.41, 5.74) is -0.627. The van der Waals surface area contributed by atoms with Gasteiger partial charge in [-0.1, -0.05) is 0 Å². The summed E-state index contributed by atoms with van der Waals surface area (Å²) in [4.78, 5) is 32.5. The van der Waals surface area contributed by atoms with E-state index < -0.39 is 22.5 Å². The van der Waals surface area contributed by atoms with Gasteiger partial charge in [-0.15, -0.1) is 0 Å². The Morgan fingerprint density at radius 1 is 1.38 bits per heavy atom. The van der Waals surface area contributed by atoms with Gasteiger partial charge in [-0.2, -0.15) is 0 Å². The molecule has 0 unspecified atom stereocenters. The number of nitrogens with one attached hydrogen (secondary N) is 1. The molecular formula is C15H21BN2O6. The highest BCUT2D eigenvalue weighted by atomic mass is 16.6. The lowest BCUT2D eigenvalue weighted by atomic mass is 9.96. The first kappa shape index (κ1) is 19.6. The highest BCUT2D eigenvalue weighted by Gasteiger charge is 2.21. The zero-order valence-electron chi connectivity index (χ0n) is 14.0. The van der Waals surface area contributed by atoms with Crippen LogP contribution in [0, 0.1) is 10.1 Å². The Labute approximate surface area is 140 Å². The molecule has 9 heteroatoms. The molecule has 1 atom stereocenters. The van der Waals surface area contributed by atoms with Crippen LogP contribution in [0.2, 0.25) is 0 Å². The minimum Gasteiger partial charge on any atom is -0.492 e. The minimum absolute atomic E-state index is 0.0354. The number of ether oxygens (including phenoxy) is 2. The van der Waals surface area contributed by atoms with Crippen molar-refractivity contribution in [2.75, 3.05) is 6.61 Å². The Morgan fingerprint density at radius 3 is 2.50 bits per heavy atom. The number of nitro benzene ring substituents is 1. The van der Waals surface area contributed by atoms with Crippen LogP contribution in [-0.2, 0) is 14.3 Å². The predicted octanol–water partition coefficient (Wildman–Crippen LogP) is 1.21. The molecule has 1 N–H and O–H groups in total. The second-order valence-corrected chi connectivity index (χ2v) is 6.12. The van der Waals surface area contributed by atoms with Crippen LogP contribution >= 0.6 is 0 Å². The van der Waals surface area contributed by atoms with Crippen LogP contribution in [0.3, 0.4) is 0 Å². The molecule has 0 saturated heterocycles. The van der Waals surface area contributed by atoms with E-state index in [0.29, 0.717) is 11.9 Å². The van der Waals surface area contributed by atoms with Gasteiger partial charge in [0, 0.05) is 18.2 Å². The van der Waals surface area contributed by atoms with E-state index >= 15 is 0 Å². The van der Waals surface area contributed by atoms with Crippen molar-refractivity contribution in [1.29, 1.82) is 0 Å². The van der Waals surface area contributed by atoms with Crippen LogP contribution in [0.5, 0.6) is 5.75 Å². The Bertz CT molecular complexity index is 570. The highest BCUT2D eigenvalue weighted by molar-refractivity contribution is 6.64. The van der Waals surface area contributed by atoms with Crippen molar-refractivity contribution < 1.29 is 24.0 Å². The maximum Gasteiger partial charge on any atom is 0.307 e. The van der Waals surface area contributed by atoms with Crippen molar-refractivity contribution in [3.05, 3.63) is 34.4 Å². The summed E-state index contributed by atoms with van der Waals surface area (Å²) in [5.74, 6) is 0.0286. The van der Waals surface area contributed by atoms with E-state index in [9.17, 15) is 19.7 Å². The van der Waals surface area contributed by atoms with Gasteiger partial charge in [0.1, 0.15) is 18.0 Å². The Hall–Kier alpha value is -2.42. The number of rotatable bonds is 9. The Kier molecular flexibility index (Phi) is 7.38. The van der Waals surface area contributed by atoms with E-state index in [1.807, 2.05) is 0 Å². The third-order valence-corrected chi connectivity index (χ3v) is 2.82. The summed E-state index contributed by atoms with van der Waals surface area (Å²) in [6.07, 6.45) is 0.728. The second-order valence-electron chi connectivity index (χ2n) is 6.12. The van der Waals surface area contributed by atoms with Crippen molar-refractivity contribution in [3.8, 4) is 5.75 Å². The molecular weight excluding hydrogens is 315 g/mol. The van der Waals surface area contributed by atoms with Crippen LogP contribution in [-0.4, -0.2) is 42.7 Å². The maximum atomic E-state index is 11.9. The van der Waals surface area contributed by atoms with E-state index in [1.165, 1.54) is 24.3 Å². The van der Waals surface area contributed by atoms with Crippen LogP contribution in [0.1, 0.15) is 27.2 Å². The third-order valence-electron chi connectivity index (χ3n) is 2.82. The van der Waals surface area contributed by atoms with Crippen molar-refractivity contribution in [2.45, 2.75) is 38.8 Å². The molecule has 1 aromatic rings. The van der Waals surface area contributed by atoms with Crippen molar-refractivity contribution in [1.82, 2.24) is 5.23 Å². The topological polar surface area (TPSA) is 108 Å². The first-order valence-electron chi connectivity index (χ1n) is 7.47. The average molecular weight is 336 g/mol. The number of nitrogens with zero attached hydrogens (tertiary/aromatic N) is 1. The molecule has 0 aliphatic rings. The lowest BCUT2D eigenvalue weighted by Gasteiger charge is -2.22. The highest BCUT2D eigenvalue weighted by Crippen LogP contribution is 2.17. The number of carbonyl (C=O) groups is 2. The number of carbonyl (C=O) groups excluding carboxylic acids is 2. The molecule has 130 valence electrons. The molecule has 0 saturated carbocycles. The fourth-order valence-electron chi connectivity index (χ4n) is 1.85. The van der Waals surface area contributed by atoms with Crippen LogP contribution in [0.4, 0.5) is 5.69 Å². The van der Waals surface area contributed by atoms with Gasteiger partial charge in [0.15, 0.2) is 0 Å². The molecule has 8 nitrogen and oxygen atoms in total. The standard InChI is InChI=1S/C15H21BN2O6/c1-15(2,3)24-14(20)8-11(17-16-10-19)9-23-13-6-4-12(5-7-13)18(21)22/h4-7,10-11,16-17H,8-9H2,1-3H3/t11-/m1/s1. The number of hydrogen-bond donors (Lipinski definition) is 1. The summed E-state index contributed by atoms with van der Waals surface area (Å²) >= 11 is 0. The lowest BCUT2D eigenvalue weighted by Crippen LogP contribution is -2.40. The van der Waals surface area contributed by atoms with Crippen LogP contribution < -0.4 is 9.96 Å². The summed E-state index contributed by atoms with van der Waals surface area (Å²) in [6, 6.07) is 5.19. The maximum absolute atomic E-state index is 11.9. The van der Waals surface area contributed by atoms with Gasteiger partial charge in [0.2, 0.25) is 0 Å². The van der Waals surface area contributed by atoms with E-state index in [1.54, 1.807) is 20.8 Å². The average Bonchev–Trinajstić information content (AvgIpc) is 2.48. The largest absolute Gasteiger partial charge is 0.492 e. The molecule has 0 heterocycles. The normalized spacial score (nSPS) is 12.1. The molecule has 0 aliphatic carbocycles. The van der Waals surface area contributed by atoms with Gasteiger partial charge in [0.05, 0.1) is 17.5 Å². The molecule has 0 bridgehead atoms. The summed E-state index contributed by atoms with van der Waals surface area (Å²) in [6.45, 7) is 5.43. The zero-order chi connectivity index (χ0) is 18.2. The quantitative estimate of drug-likeness (QED) is 0.237. The number of benzene rings is 1. The van der Waals surface area contributed by atoms with Gasteiger partial charge in [-0.3, -0.25) is 14.9 Å². The monoisotopic (exact) mass is 336 g/mol. The molecule has 1 aromatic carbocycles. The van der Waals surface area contributed by atoms with Crippen LogP contribution in [0.25, 0.3) is 0 Å². The molecule has 0 amide bonds. The van der Waals surface area contributed by atoms with Crippen molar-refractivity contribution in [3.63, 3.8) is 0 Å². The first-order chi connectivity index (χ1) is 11.2. The Balaban J connectivity index is 2.60. The fourth-order valence-corrected chi connectivity index (χ4v) is 1.85. The number of hydrogen-bond acceptors (Lipinski definition) is 7. The molecule has 0 aliphatic heterocycles. The van der Waals surface area contributed by atoms with E-state index in [-0.39, 0.29) is 26.1 Å². The number of non-ortho nitro benzene ring substituents is 1. The van der Waals surface area contributed by atoms with Crippen molar-refractivity contribution >= 4 is 25.3 Å². The number of esters is 1. The zero-order valence-corrected chi connectivity index (χ0v) is 14.0. The number of nitro groups is 1. The third kappa shape index (κ3) is 7.73. The summed E-state index contributed by atoms with van der Waals surface area (Å²) in [7, 11) is 0.0804. The molecule has 0 aromatic heterocycles. The molecule has 0 spiro atoms. The van der Waals surface area contributed by atoms with Gasteiger partial charge < -0.3 is 19.5 Å². The van der Waals surface area contributed by atoms with E-state index in [2.05, 4.69) is 5.23 Å². The predicted molar refractivity (Wildman–Crippen MR) is 89.9 cm³/mol. The molecule has 0 fully saturated rings. The summed E-state index contributed by atoms with van der Waals surface area (Å²) in [5, 5.41) is 13.5. The van der Waals surface area contributed by atoms with E-state index in [0.717, 1.165) is 0 Å². The van der Waals surface area contributed by atoms with E-state index in [4.69, 9.17) is 9.47 Å². The fraction of sp³-hybridized carbons (Fsp3) is 0.467. The SMILES string of the molecule is CC(C)(C)OC(=O)C[C@H](COc1ccc([N+](=O)[O-])cc1)NBC=O. The molecule has 0 radical (unpaired) electrons. The van der Waals surface area contributed by atoms with Gasteiger partial charge in [-0.25, -0.2) is 0 Å². The second kappa shape index (κ2) is 9.02. The van der Waals surface area contributed by atoms with Gasteiger partial charge >= 0.3 is 5.97 Å². The minimum atomic E-state index is -0.592. The van der Waals surface area contributed by atoms with Gasteiger partial charge in [-0.05, 0) is 32.9 Å². The van der Waals surface area contributed by atoms with Gasteiger partial charge in [0.25, 0.3) is 13.1 Å².